The highest BCUT2D eigenvalue weighted by molar-refractivity contribution is 9.10. The molecule has 0 saturated carbocycles. The van der Waals surface area contributed by atoms with E-state index in [9.17, 15) is 14.4 Å². The van der Waals surface area contributed by atoms with Crippen LogP contribution < -0.4 is 5.32 Å². The molecule has 2 heterocycles. The van der Waals surface area contributed by atoms with Crippen molar-refractivity contribution in [3.63, 3.8) is 0 Å². The van der Waals surface area contributed by atoms with Crippen molar-refractivity contribution < 1.29 is 19.1 Å². The normalized spacial score (nSPS) is 15.5. The van der Waals surface area contributed by atoms with Gasteiger partial charge in [-0.25, -0.2) is 4.79 Å². The van der Waals surface area contributed by atoms with Crippen LogP contribution in [0.5, 0.6) is 0 Å². The zero-order valence-corrected chi connectivity index (χ0v) is 19.9. The average Bonchev–Trinajstić information content (AvgIpc) is 2.89. The molecule has 1 aliphatic rings. The Bertz CT molecular complexity index is 1240. The van der Waals surface area contributed by atoms with Crippen molar-refractivity contribution in [2.24, 2.45) is 0 Å². The lowest BCUT2D eigenvalue weighted by atomic mass is 10.1. The van der Waals surface area contributed by atoms with Crippen molar-refractivity contribution in [3.8, 4) is 0 Å². The van der Waals surface area contributed by atoms with Gasteiger partial charge in [-0.3, -0.25) is 14.6 Å². The molecule has 7 nitrogen and oxygen atoms in total. The second-order valence-corrected chi connectivity index (χ2v) is 8.75. The van der Waals surface area contributed by atoms with E-state index in [0.29, 0.717) is 32.0 Å². The fourth-order valence-corrected chi connectivity index (χ4v) is 4.45. The van der Waals surface area contributed by atoms with E-state index >= 15 is 0 Å². The predicted molar refractivity (Wildman–Crippen MR) is 127 cm³/mol. The molecular weight excluding hydrogens is 510 g/mol. The summed E-state index contributed by atoms with van der Waals surface area (Å²) in [4.78, 5) is 44.6. The molecule has 1 atom stereocenters. The molecule has 1 N–H and O–H groups in total. The number of aromatic nitrogens is 1. The van der Waals surface area contributed by atoms with Crippen LogP contribution in [0.3, 0.4) is 0 Å². The van der Waals surface area contributed by atoms with Gasteiger partial charge in [-0.15, -0.1) is 0 Å². The monoisotopic (exact) mass is 527 g/mol. The molecule has 0 radical (unpaired) electrons. The minimum atomic E-state index is -0.808. The van der Waals surface area contributed by atoms with Crippen LogP contribution in [0.15, 0.2) is 65.3 Å². The number of benzene rings is 2. The molecule has 0 unspecified atom stereocenters. The van der Waals surface area contributed by atoms with Crippen LogP contribution in [0.25, 0.3) is 0 Å². The highest BCUT2D eigenvalue weighted by atomic mass is 79.9. The van der Waals surface area contributed by atoms with Gasteiger partial charge in [-0.05, 0) is 64.0 Å². The maximum atomic E-state index is 13.6. The molecule has 0 saturated heterocycles. The Morgan fingerprint density at radius 3 is 2.70 bits per heavy atom. The molecule has 0 aliphatic carbocycles. The summed E-state index contributed by atoms with van der Waals surface area (Å²) in [5.74, 6) is -1.12. The van der Waals surface area contributed by atoms with Gasteiger partial charge < -0.3 is 15.0 Å². The molecule has 168 valence electrons. The van der Waals surface area contributed by atoms with Gasteiger partial charge in [0.05, 0.1) is 23.9 Å². The van der Waals surface area contributed by atoms with Crippen molar-refractivity contribution in [2.75, 3.05) is 12.4 Å². The van der Waals surface area contributed by atoms with Crippen LogP contribution in [-0.4, -0.2) is 40.8 Å². The molecule has 9 heteroatoms. The van der Waals surface area contributed by atoms with Gasteiger partial charge in [-0.1, -0.05) is 23.7 Å². The highest BCUT2D eigenvalue weighted by Gasteiger charge is 2.36. The Labute approximate surface area is 203 Å². The van der Waals surface area contributed by atoms with Crippen LogP contribution in [0.2, 0.25) is 5.02 Å². The Morgan fingerprint density at radius 2 is 2.00 bits per heavy atom. The first-order valence-electron chi connectivity index (χ1n) is 10.1. The van der Waals surface area contributed by atoms with Crippen molar-refractivity contribution in [1.82, 2.24) is 9.88 Å². The van der Waals surface area contributed by atoms with Gasteiger partial charge in [-0.2, -0.15) is 0 Å². The summed E-state index contributed by atoms with van der Waals surface area (Å²) in [6.07, 6.45) is 1.88. The smallest absolute Gasteiger partial charge is 0.339 e. The molecular formula is C24H19BrClN3O4. The second-order valence-electron chi connectivity index (χ2n) is 7.46. The lowest BCUT2D eigenvalue weighted by molar-refractivity contribution is -0.120. The number of carbonyl (C=O) groups is 3. The fraction of sp³-hybridized carbons (Fsp3) is 0.167. The summed E-state index contributed by atoms with van der Waals surface area (Å²) in [6, 6.07) is 14.5. The van der Waals surface area contributed by atoms with Gasteiger partial charge in [0.15, 0.2) is 0 Å². The number of anilines is 1. The van der Waals surface area contributed by atoms with Crippen LogP contribution in [-0.2, 0) is 22.5 Å². The highest BCUT2D eigenvalue weighted by Crippen LogP contribution is 2.29. The first-order valence-corrected chi connectivity index (χ1v) is 11.2. The Morgan fingerprint density at radius 1 is 1.18 bits per heavy atom. The van der Waals surface area contributed by atoms with E-state index in [1.165, 1.54) is 12.0 Å². The first-order chi connectivity index (χ1) is 15.9. The molecule has 1 aliphatic heterocycles. The number of nitrogens with one attached hydrogen (secondary N) is 1. The maximum Gasteiger partial charge on any atom is 0.339 e. The lowest BCUT2D eigenvalue weighted by Crippen LogP contribution is -2.46. The largest absolute Gasteiger partial charge is 0.465 e. The lowest BCUT2D eigenvalue weighted by Gasteiger charge is -2.29. The van der Waals surface area contributed by atoms with Gasteiger partial charge in [0.2, 0.25) is 5.91 Å². The number of fused-ring (bicyclic) bond motifs is 1. The minimum Gasteiger partial charge on any atom is -0.465 e. The Kier molecular flexibility index (Phi) is 6.76. The van der Waals surface area contributed by atoms with Crippen LogP contribution in [0.4, 0.5) is 5.69 Å². The topological polar surface area (TPSA) is 88.6 Å². The molecule has 0 fully saturated rings. The summed E-state index contributed by atoms with van der Waals surface area (Å²) in [5.41, 5.74) is 2.50. The fourth-order valence-electron chi connectivity index (χ4n) is 3.69. The third-order valence-corrected chi connectivity index (χ3v) is 6.22. The molecule has 3 aromatic rings. The first kappa shape index (κ1) is 22.9. The van der Waals surface area contributed by atoms with Crippen LogP contribution >= 0.6 is 27.5 Å². The number of hydrogen-bond acceptors (Lipinski definition) is 5. The molecule has 33 heavy (non-hydrogen) atoms. The SMILES string of the molecule is COC(=O)c1ccc(CN2C(=O)c3ccc(Cl)cc3NC(=O)[C@H]2Cc2ccccn2)cc1Br. The number of rotatable bonds is 5. The zero-order valence-electron chi connectivity index (χ0n) is 17.5. The number of nitrogens with zero attached hydrogens (tertiary/aromatic N) is 2. The number of amides is 2. The van der Waals surface area contributed by atoms with Crippen LogP contribution in [0.1, 0.15) is 32.0 Å². The molecule has 1 aromatic heterocycles. The third-order valence-electron chi connectivity index (χ3n) is 5.33. The summed E-state index contributed by atoms with van der Waals surface area (Å²) in [6.45, 7) is 0.145. The number of hydrogen-bond donors (Lipinski definition) is 1. The summed E-state index contributed by atoms with van der Waals surface area (Å²) < 4.78 is 5.32. The van der Waals surface area contributed by atoms with Crippen molar-refractivity contribution in [2.45, 2.75) is 19.0 Å². The quantitative estimate of drug-likeness (QED) is 0.493. The minimum absolute atomic E-state index is 0.145. The number of ether oxygens (including phenoxy) is 1. The van der Waals surface area contributed by atoms with E-state index < -0.39 is 12.0 Å². The summed E-state index contributed by atoms with van der Waals surface area (Å²) in [5, 5.41) is 3.25. The Hall–Kier alpha value is -3.23. The van der Waals surface area contributed by atoms with Gasteiger partial charge in [0, 0.05) is 34.4 Å². The van der Waals surface area contributed by atoms with E-state index in [0.717, 1.165) is 5.56 Å². The number of halogens is 2. The second kappa shape index (κ2) is 9.72. The van der Waals surface area contributed by atoms with Crippen molar-refractivity contribution in [1.29, 1.82) is 0 Å². The predicted octanol–water partition coefficient (Wildman–Crippen LogP) is 4.49. The van der Waals surface area contributed by atoms with E-state index in [1.807, 2.05) is 12.1 Å². The van der Waals surface area contributed by atoms with E-state index in [-0.39, 0.29) is 24.8 Å². The maximum absolute atomic E-state index is 13.6. The third kappa shape index (κ3) is 4.91. The average molecular weight is 529 g/mol. The summed E-state index contributed by atoms with van der Waals surface area (Å²) >= 11 is 9.49. The van der Waals surface area contributed by atoms with Crippen LogP contribution in [0, 0.1) is 0 Å². The Balaban J connectivity index is 1.73. The van der Waals surface area contributed by atoms with Gasteiger partial charge in [0.25, 0.3) is 5.91 Å². The van der Waals surface area contributed by atoms with Gasteiger partial charge >= 0.3 is 5.97 Å². The zero-order chi connectivity index (χ0) is 23.5. The molecule has 4 rings (SSSR count). The van der Waals surface area contributed by atoms with Crippen molar-refractivity contribution >= 4 is 51.0 Å². The number of carbonyl (C=O) groups excluding carboxylic acids is 3. The molecule has 0 spiro atoms. The molecule has 0 bridgehead atoms. The van der Waals surface area contributed by atoms with E-state index in [4.69, 9.17) is 16.3 Å². The number of esters is 1. The molecule has 2 aromatic carbocycles. The van der Waals surface area contributed by atoms with E-state index in [2.05, 4.69) is 26.2 Å². The van der Waals surface area contributed by atoms with E-state index in [1.54, 1.807) is 48.7 Å². The number of methoxy groups -OCH3 is 1. The number of pyridine rings is 1. The van der Waals surface area contributed by atoms with Gasteiger partial charge in [0.1, 0.15) is 6.04 Å². The summed E-state index contributed by atoms with van der Waals surface area (Å²) in [7, 11) is 1.31. The molecule has 2 amide bonds. The van der Waals surface area contributed by atoms with Crippen molar-refractivity contribution in [3.05, 3.63) is 92.7 Å². The standard InChI is InChI=1S/C24H19BrClN3O4/c1-33-24(32)17-7-5-14(10-19(17)25)13-29-21(12-16-4-2-3-9-27-16)22(30)28-20-11-15(26)6-8-18(20)23(29)31/h2-11,21H,12-13H2,1H3,(H,28,30)/t21-/m1/s1.